The molecule has 0 saturated heterocycles. The first-order valence-electron chi connectivity index (χ1n) is 7.36. The van der Waals surface area contributed by atoms with Crippen LogP contribution in [-0.4, -0.2) is 19.7 Å². The van der Waals surface area contributed by atoms with Gasteiger partial charge in [0.1, 0.15) is 10.8 Å². The molecule has 0 radical (unpaired) electrons. The van der Waals surface area contributed by atoms with Crippen molar-refractivity contribution in [3.63, 3.8) is 0 Å². The van der Waals surface area contributed by atoms with Crippen LogP contribution in [0.1, 0.15) is 10.8 Å². The fraction of sp³-hybridized carbons (Fsp3) is 0.118. The van der Waals surface area contributed by atoms with E-state index in [0.717, 1.165) is 32.7 Å². The van der Waals surface area contributed by atoms with Gasteiger partial charge in [-0.05, 0) is 31.2 Å². The number of imidazole rings is 1. The molecule has 5 nitrogen and oxygen atoms in total. The van der Waals surface area contributed by atoms with Crippen molar-refractivity contribution in [3.05, 3.63) is 65.4 Å². The Hall–Kier alpha value is -2.73. The smallest absolute Gasteiger partial charge is 0.210 e. The highest BCUT2D eigenvalue weighted by molar-refractivity contribution is 7.15. The number of hydrogen-bond donors (Lipinski definition) is 1. The summed E-state index contributed by atoms with van der Waals surface area (Å²) < 4.78 is 2.17. The zero-order valence-electron chi connectivity index (χ0n) is 12.6. The van der Waals surface area contributed by atoms with Gasteiger partial charge in [0.05, 0.1) is 17.6 Å². The average molecular weight is 321 g/mol. The van der Waals surface area contributed by atoms with Gasteiger partial charge in [-0.2, -0.15) is 0 Å². The zero-order chi connectivity index (χ0) is 15.6. The highest BCUT2D eigenvalue weighted by atomic mass is 32.1. The monoisotopic (exact) mass is 321 g/mol. The molecule has 0 spiro atoms. The molecule has 0 aliphatic heterocycles. The van der Waals surface area contributed by atoms with Crippen molar-refractivity contribution < 1.29 is 0 Å². The third-order valence-electron chi connectivity index (χ3n) is 3.63. The van der Waals surface area contributed by atoms with Gasteiger partial charge in [0.15, 0.2) is 0 Å². The van der Waals surface area contributed by atoms with E-state index in [2.05, 4.69) is 31.1 Å². The van der Waals surface area contributed by atoms with Crippen molar-refractivity contribution in [2.45, 2.75) is 13.5 Å². The van der Waals surface area contributed by atoms with Crippen molar-refractivity contribution in [2.24, 2.45) is 0 Å². The minimum absolute atomic E-state index is 0.681. The summed E-state index contributed by atoms with van der Waals surface area (Å²) in [6.07, 6.45) is 0. The first-order valence-corrected chi connectivity index (χ1v) is 8.17. The van der Waals surface area contributed by atoms with Gasteiger partial charge < -0.3 is 9.88 Å². The second-order valence-electron chi connectivity index (χ2n) is 5.23. The quantitative estimate of drug-likeness (QED) is 0.617. The molecule has 23 heavy (non-hydrogen) atoms. The summed E-state index contributed by atoms with van der Waals surface area (Å²) in [4.78, 5) is 4.59. The topological polar surface area (TPSA) is 55.6 Å². The first-order chi connectivity index (χ1) is 11.3. The molecular formula is C17H15N5S. The minimum Gasteiger partial charge on any atom is -0.330 e. The zero-order valence-corrected chi connectivity index (χ0v) is 13.4. The molecule has 0 fully saturated rings. The van der Waals surface area contributed by atoms with Gasteiger partial charge in [-0.1, -0.05) is 41.7 Å². The Labute approximate surface area is 137 Å². The van der Waals surface area contributed by atoms with Crippen LogP contribution in [-0.2, 0) is 6.54 Å². The standard InChI is InChI=1S/C17H15N5S/c1-12-18-14-9-5-6-10-15(14)22(12)11-16-20-21-17(23-16)19-13-7-3-2-4-8-13/h2-10H,11H2,1H3,(H,19,21). The van der Waals surface area contributed by atoms with Crippen LogP contribution in [0.15, 0.2) is 54.6 Å². The maximum Gasteiger partial charge on any atom is 0.210 e. The van der Waals surface area contributed by atoms with Crippen LogP contribution in [0.2, 0.25) is 0 Å². The van der Waals surface area contributed by atoms with Crippen molar-refractivity contribution >= 4 is 33.2 Å². The highest BCUT2D eigenvalue weighted by Crippen LogP contribution is 2.23. The van der Waals surface area contributed by atoms with Crippen LogP contribution < -0.4 is 5.32 Å². The molecular weight excluding hydrogens is 306 g/mol. The number of benzene rings is 2. The molecule has 0 bridgehead atoms. The van der Waals surface area contributed by atoms with Crippen molar-refractivity contribution in [3.8, 4) is 0 Å². The molecule has 0 atom stereocenters. The van der Waals surface area contributed by atoms with Crippen LogP contribution in [0.25, 0.3) is 11.0 Å². The van der Waals surface area contributed by atoms with Gasteiger partial charge in [0.2, 0.25) is 5.13 Å². The molecule has 2 aromatic carbocycles. The van der Waals surface area contributed by atoms with E-state index in [1.165, 1.54) is 0 Å². The van der Waals surface area contributed by atoms with Gasteiger partial charge in [-0.15, -0.1) is 10.2 Å². The van der Waals surface area contributed by atoms with E-state index >= 15 is 0 Å². The number of nitrogens with zero attached hydrogens (tertiary/aromatic N) is 4. The van der Waals surface area contributed by atoms with Crippen LogP contribution in [0.5, 0.6) is 0 Å². The third kappa shape index (κ3) is 2.80. The molecule has 2 aromatic heterocycles. The fourth-order valence-electron chi connectivity index (χ4n) is 2.54. The Balaban J connectivity index is 1.58. The van der Waals surface area contributed by atoms with Crippen LogP contribution in [0.3, 0.4) is 0 Å². The highest BCUT2D eigenvalue weighted by Gasteiger charge is 2.10. The Morgan fingerprint density at radius 1 is 1.00 bits per heavy atom. The SMILES string of the molecule is Cc1nc2ccccc2n1Cc1nnc(Nc2ccccc2)s1. The summed E-state index contributed by atoms with van der Waals surface area (Å²) in [5.41, 5.74) is 3.15. The number of hydrogen-bond acceptors (Lipinski definition) is 5. The van der Waals surface area contributed by atoms with Gasteiger partial charge in [-0.3, -0.25) is 0 Å². The van der Waals surface area contributed by atoms with Gasteiger partial charge in [0, 0.05) is 5.69 Å². The predicted octanol–water partition coefficient (Wildman–Crippen LogP) is 3.99. The summed E-state index contributed by atoms with van der Waals surface area (Å²) in [6, 6.07) is 18.1. The Morgan fingerprint density at radius 3 is 2.65 bits per heavy atom. The van der Waals surface area contributed by atoms with E-state index in [1.807, 2.05) is 55.5 Å². The molecule has 0 amide bonds. The Bertz CT molecular complexity index is 942. The number of rotatable bonds is 4. The van der Waals surface area contributed by atoms with E-state index in [0.29, 0.717) is 6.54 Å². The second kappa shape index (κ2) is 5.81. The molecule has 6 heteroatoms. The van der Waals surface area contributed by atoms with Crippen molar-refractivity contribution in [2.75, 3.05) is 5.32 Å². The summed E-state index contributed by atoms with van der Waals surface area (Å²) in [6.45, 7) is 2.70. The van der Waals surface area contributed by atoms with Gasteiger partial charge in [-0.25, -0.2) is 4.98 Å². The predicted molar refractivity (Wildman–Crippen MR) is 93.2 cm³/mol. The molecule has 0 aliphatic carbocycles. The lowest BCUT2D eigenvalue weighted by Crippen LogP contribution is -2.01. The number of aryl methyl sites for hydroxylation is 1. The van der Waals surface area contributed by atoms with E-state index in [1.54, 1.807) is 11.3 Å². The lowest BCUT2D eigenvalue weighted by atomic mass is 10.3. The summed E-state index contributed by atoms with van der Waals surface area (Å²) in [5, 5.41) is 13.5. The third-order valence-corrected chi connectivity index (χ3v) is 4.45. The molecule has 0 aliphatic rings. The average Bonchev–Trinajstić information content (AvgIpc) is 3.14. The van der Waals surface area contributed by atoms with Crippen LogP contribution >= 0.6 is 11.3 Å². The van der Waals surface area contributed by atoms with Gasteiger partial charge >= 0.3 is 0 Å². The Kier molecular flexibility index (Phi) is 3.51. The van der Waals surface area contributed by atoms with Crippen molar-refractivity contribution in [1.29, 1.82) is 0 Å². The van der Waals surface area contributed by atoms with Gasteiger partial charge in [0.25, 0.3) is 0 Å². The maximum absolute atomic E-state index is 4.59. The van der Waals surface area contributed by atoms with E-state index in [-0.39, 0.29) is 0 Å². The summed E-state index contributed by atoms with van der Waals surface area (Å²) >= 11 is 1.56. The molecule has 4 aromatic rings. The molecule has 0 saturated carbocycles. The minimum atomic E-state index is 0.681. The molecule has 4 rings (SSSR count). The number of anilines is 2. The largest absolute Gasteiger partial charge is 0.330 e. The number of aromatic nitrogens is 4. The number of fused-ring (bicyclic) bond motifs is 1. The number of nitrogens with one attached hydrogen (secondary N) is 1. The van der Waals surface area contributed by atoms with E-state index in [4.69, 9.17) is 0 Å². The number of para-hydroxylation sites is 3. The van der Waals surface area contributed by atoms with Crippen LogP contribution in [0, 0.1) is 6.92 Å². The van der Waals surface area contributed by atoms with E-state index in [9.17, 15) is 0 Å². The molecule has 1 N–H and O–H groups in total. The second-order valence-corrected chi connectivity index (χ2v) is 6.29. The molecule has 114 valence electrons. The Morgan fingerprint density at radius 2 is 1.78 bits per heavy atom. The van der Waals surface area contributed by atoms with Crippen LogP contribution in [0.4, 0.5) is 10.8 Å². The van der Waals surface area contributed by atoms with Crippen molar-refractivity contribution in [1.82, 2.24) is 19.7 Å². The lowest BCUT2D eigenvalue weighted by Gasteiger charge is -2.03. The first kappa shape index (κ1) is 13.9. The summed E-state index contributed by atoms with van der Waals surface area (Å²) in [5.74, 6) is 0.985. The normalized spacial score (nSPS) is 11.0. The molecule has 0 unspecified atom stereocenters. The maximum atomic E-state index is 4.59. The molecule has 2 heterocycles. The fourth-order valence-corrected chi connectivity index (χ4v) is 3.29. The lowest BCUT2D eigenvalue weighted by molar-refractivity contribution is 0.768. The summed E-state index contributed by atoms with van der Waals surface area (Å²) in [7, 11) is 0. The van der Waals surface area contributed by atoms with E-state index < -0.39 is 0 Å².